The SMILES string of the molecule is Cc1cccc(OCC(=O)Nc2ccc(Cl)cc2F)c1C. The maximum atomic E-state index is 13.6. The van der Waals surface area contributed by atoms with Gasteiger partial charge >= 0.3 is 0 Å². The van der Waals surface area contributed by atoms with Gasteiger partial charge in [0.2, 0.25) is 0 Å². The molecular weight excluding hydrogens is 293 g/mol. The predicted octanol–water partition coefficient (Wildman–Crippen LogP) is 4.11. The van der Waals surface area contributed by atoms with Crippen LogP contribution in [0.5, 0.6) is 5.75 Å². The van der Waals surface area contributed by atoms with Crippen molar-refractivity contribution >= 4 is 23.2 Å². The largest absolute Gasteiger partial charge is 0.483 e. The van der Waals surface area contributed by atoms with Crippen LogP contribution in [0.3, 0.4) is 0 Å². The minimum atomic E-state index is -0.581. The Labute approximate surface area is 127 Å². The van der Waals surface area contributed by atoms with Crippen LogP contribution < -0.4 is 10.1 Å². The third-order valence-electron chi connectivity index (χ3n) is 3.12. The summed E-state index contributed by atoms with van der Waals surface area (Å²) in [6.45, 7) is 3.69. The van der Waals surface area contributed by atoms with E-state index >= 15 is 0 Å². The Kier molecular flexibility index (Phi) is 4.81. The first-order chi connectivity index (χ1) is 9.97. The number of hydrogen-bond donors (Lipinski definition) is 1. The highest BCUT2D eigenvalue weighted by molar-refractivity contribution is 6.30. The number of amides is 1. The molecule has 0 saturated heterocycles. The van der Waals surface area contributed by atoms with E-state index in [0.717, 1.165) is 17.2 Å². The molecule has 0 unspecified atom stereocenters. The van der Waals surface area contributed by atoms with E-state index in [1.807, 2.05) is 26.0 Å². The summed E-state index contributed by atoms with van der Waals surface area (Å²) in [6, 6.07) is 9.67. The fourth-order valence-electron chi connectivity index (χ4n) is 1.80. The maximum absolute atomic E-state index is 13.6. The number of ether oxygens (including phenoxy) is 1. The summed E-state index contributed by atoms with van der Waals surface area (Å²) in [4.78, 5) is 11.8. The topological polar surface area (TPSA) is 38.3 Å². The van der Waals surface area contributed by atoms with Crippen molar-refractivity contribution in [2.45, 2.75) is 13.8 Å². The molecule has 110 valence electrons. The van der Waals surface area contributed by atoms with Gasteiger partial charge in [-0.15, -0.1) is 0 Å². The number of carbonyl (C=O) groups excluding carboxylic acids is 1. The van der Waals surface area contributed by atoms with Crippen LogP contribution >= 0.6 is 11.6 Å². The minimum absolute atomic E-state index is 0.0777. The van der Waals surface area contributed by atoms with Crippen LogP contribution in [0, 0.1) is 19.7 Å². The van der Waals surface area contributed by atoms with Gasteiger partial charge in [-0.05, 0) is 49.2 Å². The summed E-state index contributed by atoms with van der Waals surface area (Å²) in [7, 11) is 0. The normalized spacial score (nSPS) is 10.3. The molecule has 0 spiro atoms. The standard InChI is InChI=1S/C16H15ClFNO2/c1-10-4-3-5-15(11(10)2)21-9-16(20)19-14-7-6-12(17)8-13(14)18/h3-8H,9H2,1-2H3,(H,19,20). The Balaban J connectivity index is 1.97. The van der Waals surface area contributed by atoms with Crippen LogP contribution in [0.25, 0.3) is 0 Å². The van der Waals surface area contributed by atoms with Crippen LogP contribution in [0.1, 0.15) is 11.1 Å². The smallest absolute Gasteiger partial charge is 0.262 e. The van der Waals surface area contributed by atoms with Crippen molar-refractivity contribution in [3.05, 3.63) is 58.4 Å². The van der Waals surface area contributed by atoms with Crippen LogP contribution in [0.4, 0.5) is 10.1 Å². The number of carbonyl (C=O) groups is 1. The van der Waals surface area contributed by atoms with E-state index in [0.29, 0.717) is 5.75 Å². The lowest BCUT2D eigenvalue weighted by Crippen LogP contribution is -2.21. The Morgan fingerprint density at radius 1 is 1.29 bits per heavy atom. The van der Waals surface area contributed by atoms with Crippen molar-refractivity contribution in [2.75, 3.05) is 11.9 Å². The lowest BCUT2D eigenvalue weighted by Gasteiger charge is -2.11. The monoisotopic (exact) mass is 307 g/mol. The summed E-state index contributed by atoms with van der Waals surface area (Å²) in [5, 5.41) is 2.72. The lowest BCUT2D eigenvalue weighted by atomic mass is 10.1. The summed E-state index contributed by atoms with van der Waals surface area (Å²) in [5.74, 6) is -0.374. The van der Waals surface area contributed by atoms with E-state index in [1.54, 1.807) is 6.07 Å². The molecule has 1 amide bonds. The van der Waals surface area contributed by atoms with Crippen molar-refractivity contribution in [1.82, 2.24) is 0 Å². The first-order valence-electron chi connectivity index (χ1n) is 6.41. The average Bonchev–Trinajstić information content (AvgIpc) is 2.43. The molecule has 2 rings (SSSR count). The van der Waals surface area contributed by atoms with Gasteiger partial charge in [0.25, 0.3) is 5.91 Å². The average molecular weight is 308 g/mol. The zero-order valence-electron chi connectivity index (χ0n) is 11.7. The molecule has 0 bridgehead atoms. The van der Waals surface area contributed by atoms with Crippen molar-refractivity contribution in [1.29, 1.82) is 0 Å². The molecule has 2 aromatic carbocycles. The first-order valence-corrected chi connectivity index (χ1v) is 6.79. The number of rotatable bonds is 4. The van der Waals surface area contributed by atoms with Gasteiger partial charge in [-0.25, -0.2) is 4.39 Å². The zero-order chi connectivity index (χ0) is 15.4. The Bertz CT molecular complexity index is 673. The molecule has 0 heterocycles. The van der Waals surface area contributed by atoms with Gasteiger partial charge in [0, 0.05) is 5.02 Å². The zero-order valence-corrected chi connectivity index (χ0v) is 12.5. The number of hydrogen-bond acceptors (Lipinski definition) is 2. The molecule has 0 fully saturated rings. The fourth-order valence-corrected chi connectivity index (χ4v) is 1.96. The fraction of sp³-hybridized carbons (Fsp3) is 0.188. The minimum Gasteiger partial charge on any atom is -0.483 e. The molecule has 0 aliphatic carbocycles. The summed E-state index contributed by atoms with van der Waals surface area (Å²) in [5.41, 5.74) is 2.13. The van der Waals surface area contributed by atoms with Crippen molar-refractivity contribution < 1.29 is 13.9 Å². The van der Waals surface area contributed by atoms with E-state index in [4.69, 9.17) is 16.3 Å². The quantitative estimate of drug-likeness (QED) is 0.923. The van der Waals surface area contributed by atoms with Gasteiger partial charge in [0.1, 0.15) is 11.6 Å². The second-order valence-electron chi connectivity index (χ2n) is 4.66. The number of nitrogens with one attached hydrogen (secondary N) is 1. The molecule has 5 heteroatoms. The van der Waals surface area contributed by atoms with E-state index in [9.17, 15) is 9.18 Å². The summed E-state index contributed by atoms with van der Waals surface area (Å²) in [6.07, 6.45) is 0. The molecule has 3 nitrogen and oxygen atoms in total. The van der Waals surface area contributed by atoms with Crippen LogP contribution in [0.15, 0.2) is 36.4 Å². The highest BCUT2D eigenvalue weighted by Crippen LogP contribution is 2.21. The molecule has 2 aromatic rings. The highest BCUT2D eigenvalue weighted by Gasteiger charge is 2.09. The van der Waals surface area contributed by atoms with Gasteiger partial charge in [-0.1, -0.05) is 23.7 Å². The number of anilines is 1. The lowest BCUT2D eigenvalue weighted by molar-refractivity contribution is -0.118. The molecule has 0 radical (unpaired) electrons. The Morgan fingerprint density at radius 2 is 2.05 bits per heavy atom. The van der Waals surface area contributed by atoms with E-state index in [2.05, 4.69) is 5.32 Å². The molecular formula is C16H15ClFNO2. The van der Waals surface area contributed by atoms with Crippen LogP contribution in [-0.4, -0.2) is 12.5 Å². The number of halogens is 2. The molecule has 1 N–H and O–H groups in total. The highest BCUT2D eigenvalue weighted by atomic mass is 35.5. The van der Waals surface area contributed by atoms with E-state index in [-0.39, 0.29) is 17.3 Å². The molecule has 0 aliphatic rings. The van der Waals surface area contributed by atoms with E-state index < -0.39 is 11.7 Å². The van der Waals surface area contributed by atoms with Gasteiger partial charge in [-0.3, -0.25) is 4.79 Å². The maximum Gasteiger partial charge on any atom is 0.262 e. The van der Waals surface area contributed by atoms with Gasteiger partial charge < -0.3 is 10.1 Å². The molecule has 0 aromatic heterocycles. The second-order valence-corrected chi connectivity index (χ2v) is 5.10. The molecule has 21 heavy (non-hydrogen) atoms. The van der Waals surface area contributed by atoms with Gasteiger partial charge in [0.15, 0.2) is 6.61 Å². The number of benzene rings is 2. The van der Waals surface area contributed by atoms with E-state index in [1.165, 1.54) is 12.1 Å². The third kappa shape index (κ3) is 3.95. The summed E-state index contributed by atoms with van der Waals surface area (Å²) >= 11 is 5.65. The number of aryl methyl sites for hydroxylation is 1. The Morgan fingerprint density at radius 3 is 2.76 bits per heavy atom. The van der Waals surface area contributed by atoms with Gasteiger partial charge in [-0.2, -0.15) is 0 Å². The predicted molar refractivity (Wildman–Crippen MR) is 81.5 cm³/mol. The van der Waals surface area contributed by atoms with Crippen LogP contribution in [0.2, 0.25) is 5.02 Å². The third-order valence-corrected chi connectivity index (χ3v) is 3.35. The molecule has 0 atom stereocenters. The first kappa shape index (κ1) is 15.3. The second kappa shape index (κ2) is 6.59. The van der Waals surface area contributed by atoms with Crippen LogP contribution in [-0.2, 0) is 4.79 Å². The molecule has 0 saturated carbocycles. The summed E-state index contributed by atoms with van der Waals surface area (Å²) < 4.78 is 19.0. The van der Waals surface area contributed by atoms with Crippen molar-refractivity contribution in [3.8, 4) is 5.75 Å². The van der Waals surface area contributed by atoms with Gasteiger partial charge in [0.05, 0.1) is 5.69 Å². The van der Waals surface area contributed by atoms with Crippen molar-refractivity contribution in [2.24, 2.45) is 0 Å². The Hall–Kier alpha value is -2.07. The molecule has 0 aliphatic heterocycles. The van der Waals surface area contributed by atoms with Crippen molar-refractivity contribution in [3.63, 3.8) is 0 Å².